The fraction of sp³-hybridized carbons (Fsp3) is 0.650. The van der Waals surface area contributed by atoms with Gasteiger partial charge in [-0.2, -0.15) is 0 Å². The molecule has 0 aromatic heterocycles. The van der Waals surface area contributed by atoms with Crippen LogP contribution in [-0.4, -0.2) is 36.2 Å². The first-order valence-corrected chi connectivity index (χ1v) is 9.26. The summed E-state index contributed by atoms with van der Waals surface area (Å²) in [5.41, 5.74) is 0.241. The molecule has 0 saturated carbocycles. The Morgan fingerprint density at radius 3 is 2.76 bits per heavy atom. The minimum Gasteiger partial charge on any atom is -0.444 e. The quantitative estimate of drug-likeness (QED) is 0.849. The van der Waals surface area contributed by atoms with Crippen LogP contribution in [0.25, 0.3) is 0 Å². The normalized spacial score (nSPS) is 19.6. The molecule has 0 aliphatic carbocycles. The number of ether oxygens (including phenoxy) is 1. The highest BCUT2D eigenvalue weighted by Crippen LogP contribution is 2.23. The van der Waals surface area contributed by atoms with E-state index in [4.69, 9.17) is 4.74 Å². The first kappa shape index (κ1) is 19.7. The van der Waals surface area contributed by atoms with Crippen LogP contribution < -0.4 is 5.32 Å². The second kappa shape index (κ2) is 8.65. The van der Waals surface area contributed by atoms with Crippen LogP contribution >= 0.6 is 0 Å². The predicted octanol–water partition coefficient (Wildman–Crippen LogP) is 4.51. The lowest BCUT2D eigenvalue weighted by atomic mass is 9.96. The molecule has 2 unspecified atom stereocenters. The average Bonchev–Trinajstić information content (AvgIpc) is 2.55. The van der Waals surface area contributed by atoms with Gasteiger partial charge in [0.05, 0.1) is 0 Å². The number of carbonyl (C=O) groups is 1. The lowest BCUT2D eigenvalue weighted by Crippen LogP contribution is -2.45. The summed E-state index contributed by atoms with van der Waals surface area (Å²) in [5, 5.41) is 3.49. The molecule has 1 aromatic rings. The number of piperidine rings is 1. The maximum absolute atomic E-state index is 14.0. The van der Waals surface area contributed by atoms with Crippen LogP contribution in [0.1, 0.15) is 58.6 Å². The van der Waals surface area contributed by atoms with Gasteiger partial charge < -0.3 is 15.0 Å². The number of halogens is 1. The third-order valence-electron chi connectivity index (χ3n) is 4.51. The third-order valence-corrected chi connectivity index (χ3v) is 4.51. The Morgan fingerprint density at radius 1 is 1.40 bits per heavy atom. The van der Waals surface area contributed by atoms with Crippen molar-refractivity contribution in [1.29, 1.82) is 0 Å². The number of benzene rings is 1. The van der Waals surface area contributed by atoms with Gasteiger partial charge >= 0.3 is 6.09 Å². The zero-order valence-corrected chi connectivity index (χ0v) is 15.8. The molecule has 5 heteroatoms. The molecule has 4 nitrogen and oxygen atoms in total. The Morgan fingerprint density at radius 2 is 2.12 bits per heavy atom. The fourth-order valence-corrected chi connectivity index (χ4v) is 3.26. The van der Waals surface area contributed by atoms with E-state index >= 15 is 0 Å². The maximum atomic E-state index is 14.0. The smallest absolute Gasteiger partial charge is 0.410 e. The van der Waals surface area contributed by atoms with E-state index in [9.17, 15) is 9.18 Å². The molecule has 1 aliphatic rings. The number of hydrogen-bond acceptors (Lipinski definition) is 3. The van der Waals surface area contributed by atoms with Gasteiger partial charge in [0.25, 0.3) is 0 Å². The Labute approximate surface area is 150 Å². The topological polar surface area (TPSA) is 41.6 Å². The number of hydrogen-bond donors (Lipinski definition) is 1. The Kier molecular flexibility index (Phi) is 6.82. The average molecular weight is 350 g/mol. The van der Waals surface area contributed by atoms with Crippen LogP contribution in [0, 0.1) is 11.7 Å². The zero-order valence-electron chi connectivity index (χ0n) is 15.8. The van der Waals surface area contributed by atoms with Crippen molar-refractivity contribution in [3.8, 4) is 0 Å². The van der Waals surface area contributed by atoms with Crippen molar-refractivity contribution in [2.45, 2.75) is 58.6 Å². The van der Waals surface area contributed by atoms with Gasteiger partial charge in [0.2, 0.25) is 0 Å². The van der Waals surface area contributed by atoms with Crippen molar-refractivity contribution in [3.05, 3.63) is 35.6 Å². The molecule has 1 fully saturated rings. The van der Waals surface area contributed by atoms with Crippen LogP contribution in [0.3, 0.4) is 0 Å². The van der Waals surface area contributed by atoms with Gasteiger partial charge in [-0.1, -0.05) is 25.1 Å². The minimum absolute atomic E-state index is 0.00176. The van der Waals surface area contributed by atoms with E-state index in [-0.39, 0.29) is 18.0 Å². The largest absolute Gasteiger partial charge is 0.444 e. The van der Waals surface area contributed by atoms with Crippen molar-refractivity contribution in [2.75, 3.05) is 19.6 Å². The van der Waals surface area contributed by atoms with Gasteiger partial charge in [0.1, 0.15) is 11.4 Å². The minimum atomic E-state index is -0.472. The summed E-state index contributed by atoms with van der Waals surface area (Å²) in [6, 6.07) is 6.92. The lowest BCUT2D eigenvalue weighted by molar-refractivity contribution is 0.0165. The Balaban J connectivity index is 1.89. The van der Waals surface area contributed by atoms with Crippen molar-refractivity contribution in [1.82, 2.24) is 10.2 Å². The molecule has 1 N–H and O–H groups in total. The molecule has 1 aromatic carbocycles. The second-order valence-corrected chi connectivity index (χ2v) is 7.83. The van der Waals surface area contributed by atoms with E-state index in [0.717, 1.165) is 32.4 Å². The monoisotopic (exact) mass is 350 g/mol. The van der Waals surface area contributed by atoms with E-state index < -0.39 is 5.60 Å². The van der Waals surface area contributed by atoms with Crippen molar-refractivity contribution in [3.63, 3.8) is 0 Å². The summed E-state index contributed by atoms with van der Waals surface area (Å²) < 4.78 is 19.5. The molecule has 1 amide bonds. The molecule has 0 spiro atoms. The van der Waals surface area contributed by atoms with E-state index in [1.807, 2.05) is 32.9 Å². The number of likely N-dealkylation sites (tertiary alicyclic amines) is 1. The second-order valence-electron chi connectivity index (χ2n) is 7.83. The van der Waals surface area contributed by atoms with Gasteiger partial charge in [-0.05, 0) is 52.0 Å². The van der Waals surface area contributed by atoms with Gasteiger partial charge in [-0.25, -0.2) is 9.18 Å². The van der Waals surface area contributed by atoms with Gasteiger partial charge in [-0.15, -0.1) is 0 Å². The molecule has 25 heavy (non-hydrogen) atoms. The highest BCUT2D eigenvalue weighted by Gasteiger charge is 2.28. The number of carbonyl (C=O) groups excluding carboxylic acids is 1. The van der Waals surface area contributed by atoms with E-state index in [0.29, 0.717) is 18.0 Å². The first-order chi connectivity index (χ1) is 11.8. The zero-order chi connectivity index (χ0) is 18.4. The summed E-state index contributed by atoms with van der Waals surface area (Å²) in [5.74, 6) is 0.197. The molecule has 2 rings (SSSR count). The number of rotatable bonds is 5. The van der Waals surface area contributed by atoms with E-state index in [1.165, 1.54) is 6.07 Å². The molecule has 2 atom stereocenters. The van der Waals surface area contributed by atoms with Crippen molar-refractivity contribution in [2.24, 2.45) is 5.92 Å². The molecular formula is C20H31FN2O2. The maximum Gasteiger partial charge on any atom is 0.410 e. The summed E-state index contributed by atoms with van der Waals surface area (Å²) in [6.45, 7) is 9.91. The highest BCUT2D eigenvalue weighted by molar-refractivity contribution is 5.68. The summed E-state index contributed by atoms with van der Waals surface area (Å²) in [6.07, 6.45) is 2.63. The molecule has 1 heterocycles. The molecule has 140 valence electrons. The van der Waals surface area contributed by atoms with Crippen molar-refractivity contribution < 1.29 is 13.9 Å². The van der Waals surface area contributed by atoms with Gasteiger partial charge in [0.15, 0.2) is 0 Å². The van der Waals surface area contributed by atoms with Crippen LogP contribution in [0.4, 0.5) is 9.18 Å². The van der Waals surface area contributed by atoms with Gasteiger partial charge in [-0.3, -0.25) is 0 Å². The third kappa shape index (κ3) is 5.99. The number of nitrogens with one attached hydrogen (secondary N) is 1. The molecule has 1 saturated heterocycles. The van der Waals surface area contributed by atoms with Crippen LogP contribution in [-0.2, 0) is 4.74 Å². The number of amides is 1. The fourth-order valence-electron chi connectivity index (χ4n) is 3.26. The molecular weight excluding hydrogens is 319 g/mol. The Hall–Kier alpha value is -1.62. The van der Waals surface area contributed by atoms with Crippen LogP contribution in [0.15, 0.2) is 24.3 Å². The summed E-state index contributed by atoms with van der Waals surface area (Å²) in [4.78, 5) is 14.1. The Bertz CT molecular complexity index is 571. The lowest BCUT2D eigenvalue weighted by Gasteiger charge is -2.35. The first-order valence-electron chi connectivity index (χ1n) is 9.26. The summed E-state index contributed by atoms with van der Waals surface area (Å²) >= 11 is 0. The van der Waals surface area contributed by atoms with E-state index in [1.54, 1.807) is 11.0 Å². The van der Waals surface area contributed by atoms with E-state index in [2.05, 4.69) is 12.2 Å². The molecule has 0 radical (unpaired) electrons. The van der Waals surface area contributed by atoms with Crippen LogP contribution in [0.5, 0.6) is 0 Å². The standard InChI is InChI=1S/C20H31FN2O2/c1-5-18(16-10-6-7-11-17(16)21)22-13-15-9-8-12-23(14-15)19(24)25-20(2,3)4/h6-7,10-11,15,18,22H,5,8-9,12-14H2,1-4H3. The predicted molar refractivity (Wildman–Crippen MR) is 98.0 cm³/mol. The van der Waals surface area contributed by atoms with Crippen LogP contribution in [0.2, 0.25) is 0 Å². The highest BCUT2D eigenvalue weighted by atomic mass is 19.1. The summed E-state index contributed by atoms with van der Waals surface area (Å²) in [7, 11) is 0. The number of nitrogens with zero attached hydrogens (tertiary/aromatic N) is 1. The molecule has 1 aliphatic heterocycles. The molecule has 0 bridgehead atoms. The van der Waals surface area contributed by atoms with Crippen molar-refractivity contribution >= 4 is 6.09 Å². The SMILES string of the molecule is CCC(NCC1CCCN(C(=O)OC(C)(C)C)C1)c1ccccc1F. The van der Waals surface area contributed by atoms with Gasteiger partial charge in [0, 0.05) is 31.2 Å².